The Bertz CT molecular complexity index is 764. The summed E-state index contributed by atoms with van der Waals surface area (Å²) in [6.45, 7) is 0. The van der Waals surface area contributed by atoms with Gasteiger partial charge in [-0.2, -0.15) is 0 Å². The molecule has 0 amide bonds. The highest BCUT2D eigenvalue weighted by atomic mass is 16.6. The van der Waals surface area contributed by atoms with E-state index in [2.05, 4.69) is 9.97 Å². The Labute approximate surface area is 101 Å². The summed E-state index contributed by atoms with van der Waals surface area (Å²) in [6.07, 6.45) is 1.62. The molecule has 0 saturated heterocycles. The highest BCUT2D eigenvalue weighted by molar-refractivity contribution is 6.11. The third kappa shape index (κ3) is 1.32. The number of para-hydroxylation sites is 1. The molecule has 0 aliphatic carbocycles. The van der Waals surface area contributed by atoms with E-state index >= 15 is 0 Å². The first kappa shape index (κ1) is 10.5. The molecule has 2 heterocycles. The second kappa shape index (κ2) is 3.69. The predicted octanol–water partition coefficient (Wildman–Crippen LogP) is 2.63. The Morgan fingerprint density at radius 1 is 1.28 bits per heavy atom. The summed E-state index contributed by atoms with van der Waals surface area (Å²) in [7, 11) is 1.52. The largest absolute Gasteiger partial charge is 0.479 e. The number of hydrogen-bond acceptors (Lipinski definition) is 4. The summed E-state index contributed by atoms with van der Waals surface area (Å²) >= 11 is 0. The van der Waals surface area contributed by atoms with Gasteiger partial charge in [-0.05, 0) is 6.07 Å². The molecule has 0 saturated carbocycles. The molecule has 0 bridgehead atoms. The standard InChI is InChI=1S/C12H9N3O3/c1-18-12-11-8(5-6-13-12)7-3-2-4-9(15(16)17)10(7)14-11/h2-6,14H,1H3. The van der Waals surface area contributed by atoms with Crippen LogP contribution < -0.4 is 4.74 Å². The van der Waals surface area contributed by atoms with E-state index in [4.69, 9.17) is 4.74 Å². The molecule has 0 aliphatic heterocycles. The molecule has 3 aromatic rings. The third-order valence-electron chi connectivity index (χ3n) is 2.89. The summed E-state index contributed by atoms with van der Waals surface area (Å²) in [4.78, 5) is 17.7. The highest BCUT2D eigenvalue weighted by Crippen LogP contribution is 2.34. The zero-order valence-corrected chi connectivity index (χ0v) is 9.51. The number of non-ortho nitro benzene ring substituents is 1. The summed E-state index contributed by atoms with van der Waals surface area (Å²) < 4.78 is 5.15. The van der Waals surface area contributed by atoms with E-state index in [0.29, 0.717) is 16.9 Å². The molecule has 6 nitrogen and oxygen atoms in total. The van der Waals surface area contributed by atoms with Crippen LogP contribution in [-0.2, 0) is 0 Å². The molecular formula is C12H9N3O3. The zero-order chi connectivity index (χ0) is 12.7. The number of nitrogens with one attached hydrogen (secondary N) is 1. The number of aromatic nitrogens is 2. The molecule has 0 fully saturated rings. The van der Waals surface area contributed by atoms with E-state index in [1.54, 1.807) is 18.3 Å². The molecule has 90 valence electrons. The van der Waals surface area contributed by atoms with Crippen molar-refractivity contribution in [2.45, 2.75) is 0 Å². The van der Waals surface area contributed by atoms with Gasteiger partial charge in [0, 0.05) is 23.0 Å². The monoisotopic (exact) mass is 243 g/mol. The van der Waals surface area contributed by atoms with Crippen molar-refractivity contribution in [3.05, 3.63) is 40.6 Å². The topological polar surface area (TPSA) is 81.0 Å². The number of ether oxygens (including phenoxy) is 1. The van der Waals surface area contributed by atoms with Crippen molar-refractivity contribution < 1.29 is 9.66 Å². The third-order valence-corrected chi connectivity index (χ3v) is 2.89. The van der Waals surface area contributed by atoms with Gasteiger partial charge in [0.25, 0.3) is 5.69 Å². The summed E-state index contributed by atoms with van der Waals surface area (Å²) in [5.41, 5.74) is 1.21. The van der Waals surface area contributed by atoms with E-state index < -0.39 is 4.92 Å². The minimum absolute atomic E-state index is 0.0470. The van der Waals surface area contributed by atoms with E-state index in [0.717, 1.165) is 10.8 Å². The lowest BCUT2D eigenvalue weighted by Gasteiger charge is -1.98. The Morgan fingerprint density at radius 3 is 2.78 bits per heavy atom. The molecule has 0 radical (unpaired) electrons. The van der Waals surface area contributed by atoms with Crippen molar-refractivity contribution in [1.29, 1.82) is 0 Å². The number of aromatic amines is 1. The number of hydrogen-bond donors (Lipinski definition) is 1. The second-order valence-corrected chi connectivity index (χ2v) is 3.82. The number of H-pyrrole nitrogens is 1. The van der Waals surface area contributed by atoms with Crippen LogP contribution in [0.15, 0.2) is 30.5 Å². The molecule has 18 heavy (non-hydrogen) atoms. The van der Waals surface area contributed by atoms with Gasteiger partial charge in [-0.15, -0.1) is 0 Å². The maximum Gasteiger partial charge on any atom is 0.293 e. The SMILES string of the molecule is COc1nccc2c1[nH]c1c([N+](=O)[O-])cccc12. The summed E-state index contributed by atoms with van der Waals surface area (Å²) in [5.74, 6) is 0.429. The fraction of sp³-hybridized carbons (Fsp3) is 0.0833. The maximum atomic E-state index is 11.0. The van der Waals surface area contributed by atoms with Crippen LogP contribution in [-0.4, -0.2) is 22.0 Å². The lowest BCUT2D eigenvalue weighted by Crippen LogP contribution is -1.88. The fourth-order valence-electron chi connectivity index (χ4n) is 2.12. The molecule has 6 heteroatoms. The van der Waals surface area contributed by atoms with Gasteiger partial charge in [0.1, 0.15) is 11.0 Å². The first-order valence-corrected chi connectivity index (χ1v) is 5.30. The molecular weight excluding hydrogens is 234 g/mol. The number of methoxy groups -OCH3 is 1. The van der Waals surface area contributed by atoms with Crippen LogP contribution in [0.1, 0.15) is 0 Å². The van der Waals surface area contributed by atoms with Crippen molar-refractivity contribution in [2.24, 2.45) is 0 Å². The number of pyridine rings is 1. The first-order valence-electron chi connectivity index (χ1n) is 5.30. The van der Waals surface area contributed by atoms with E-state index in [9.17, 15) is 10.1 Å². The Hall–Kier alpha value is -2.63. The van der Waals surface area contributed by atoms with Gasteiger partial charge in [0.2, 0.25) is 5.88 Å². The average molecular weight is 243 g/mol. The van der Waals surface area contributed by atoms with Gasteiger partial charge < -0.3 is 9.72 Å². The average Bonchev–Trinajstić information content (AvgIpc) is 2.76. The molecule has 0 atom stereocenters. The van der Waals surface area contributed by atoms with Crippen LogP contribution >= 0.6 is 0 Å². The molecule has 0 aliphatic rings. The van der Waals surface area contributed by atoms with Gasteiger partial charge >= 0.3 is 0 Å². The number of fused-ring (bicyclic) bond motifs is 3. The van der Waals surface area contributed by atoms with E-state index in [1.165, 1.54) is 13.2 Å². The predicted molar refractivity (Wildman–Crippen MR) is 66.8 cm³/mol. The Kier molecular flexibility index (Phi) is 2.16. The Morgan fingerprint density at radius 2 is 2.06 bits per heavy atom. The number of nitrogens with zero attached hydrogens (tertiary/aromatic N) is 2. The first-order chi connectivity index (χ1) is 8.72. The zero-order valence-electron chi connectivity index (χ0n) is 9.51. The van der Waals surface area contributed by atoms with Crippen LogP contribution in [0.4, 0.5) is 5.69 Å². The van der Waals surface area contributed by atoms with Crippen molar-refractivity contribution in [3.63, 3.8) is 0 Å². The normalized spacial score (nSPS) is 10.9. The number of nitro groups is 1. The van der Waals surface area contributed by atoms with Crippen LogP contribution in [0, 0.1) is 10.1 Å². The fourth-order valence-corrected chi connectivity index (χ4v) is 2.12. The van der Waals surface area contributed by atoms with E-state index in [1.807, 2.05) is 6.07 Å². The van der Waals surface area contributed by atoms with E-state index in [-0.39, 0.29) is 5.69 Å². The molecule has 1 N–H and O–H groups in total. The van der Waals surface area contributed by atoms with Crippen LogP contribution in [0.25, 0.3) is 21.8 Å². The smallest absolute Gasteiger partial charge is 0.293 e. The Balaban J connectivity index is 2.50. The lowest BCUT2D eigenvalue weighted by atomic mass is 10.1. The number of benzene rings is 1. The molecule has 2 aromatic heterocycles. The molecule has 3 rings (SSSR count). The summed E-state index contributed by atoms with van der Waals surface area (Å²) in [5, 5.41) is 12.6. The van der Waals surface area contributed by atoms with Gasteiger partial charge in [-0.1, -0.05) is 12.1 Å². The number of rotatable bonds is 2. The maximum absolute atomic E-state index is 11.0. The van der Waals surface area contributed by atoms with Crippen LogP contribution in [0.5, 0.6) is 5.88 Å². The van der Waals surface area contributed by atoms with Gasteiger partial charge in [0.05, 0.1) is 12.0 Å². The second-order valence-electron chi connectivity index (χ2n) is 3.82. The van der Waals surface area contributed by atoms with Gasteiger partial charge in [-0.3, -0.25) is 10.1 Å². The van der Waals surface area contributed by atoms with Crippen molar-refractivity contribution in [3.8, 4) is 5.88 Å². The van der Waals surface area contributed by atoms with Crippen LogP contribution in [0.2, 0.25) is 0 Å². The molecule has 0 unspecified atom stereocenters. The molecule has 1 aromatic carbocycles. The van der Waals surface area contributed by atoms with Gasteiger partial charge in [0.15, 0.2) is 0 Å². The number of nitro benzene ring substituents is 1. The minimum atomic E-state index is -0.405. The van der Waals surface area contributed by atoms with Crippen molar-refractivity contribution in [1.82, 2.24) is 9.97 Å². The van der Waals surface area contributed by atoms with Crippen molar-refractivity contribution >= 4 is 27.5 Å². The lowest BCUT2D eigenvalue weighted by molar-refractivity contribution is -0.383. The van der Waals surface area contributed by atoms with Crippen LogP contribution in [0.3, 0.4) is 0 Å². The quantitative estimate of drug-likeness (QED) is 0.554. The van der Waals surface area contributed by atoms with Gasteiger partial charge in [-0.25, -0.2) is 4.98 Å². The highest BCUT2D eigenvalue weighted by Gasteiger charge is 2.17. The summed E-state index contributed by atoms with van der Waals surface area (Å²) in [6, 6.07) is 6.78. The molecule has 0 spiro atoms. The van der Waals surface area contributed by atoms with Crippen molar-refractivity contribution in [2.75, 3.05) is 7.11 Å². The minimum Gasteiger partial charge on any atom is -0.479 e.